The van der Waals surface area contributed by atoms with Crippen LogP contribution in [0.15, 0.2) is 12.7 Å². The van der Waals surface area contributed by atoms with Crippen molar-refractivity contribution >= 4 is 24.6 Å². The van der Waals surface area contributed by atoms with Crippen molar-refractivity contribution in [1.82, 2.24) is 19.5 Å². The SMILES string of the molecule is CCCCCCCCCCCCCCCCOCCCOP1(=O)CO[C@@H](Cn2cnc3c(N)ncnc32)CO1. The summed E-state index contributed by atoms with van der Waals surface area (Å²) in [4.78, 5) is 12.4. The topological polar surface area (TPSA) is 124 Å². The summed E-state index contributed by atoms with van der Waals surface area (Å²) in [6.07, 6.45) is 22.3. The molecule has 39 heavy (non-hydrogen) atoms. The van der Waals surface area contributed by atoms with E-state index in [4.69, 9.17) is 24.3 Å². The lowest BCUT2D eigenvalue weighted by atomic mass is 10.0. The van der Waals surface area contributed by atoms with E-state index < -0.39 is 7.60 Å². The van der Waals surface area contributed by atoms with Crippen molar-refractivity contribution in [3.05, 3.63) is 12.7 Å². The van der Waals surface area contributed by atoms with Crippen LogP contribution in [-0.4, -0.2) is 58.4 Å². The van der Waals surface area contributed by atoms with Crippen LogP contribution in [0.1, 0.15) is 103 Å². The molecule has 0 saturated carbocycles. The fourth-order valence-electron chi connectivity index (χ4n) is 4.78. The molecule has 2 atom stereocenters. The van der Waals surface area contributed by atoms with Crippen molar-refractivity contribution < 1.29 is 23.1 Å². The van der Waals surface area contributed by atoms with Crippen LogP contribution in [0.4, 0.5) is 5.82 Å². The zero-order valence-corrected chi connectivity index (χ0v) is 24.8. The first-order valence-corrected chi connectivity index (χ1v) is 16.8. The van der Waals surface area contributed by atoms with E-state index >= 15 is 0 Å². The third kappa shape index (κ3) is 12.2. The average molecular weight is 568 g/mol. The van der Waals surface area contributed by atoms with E-state index in [0.29, 0.717) is 43.2 Å². The molecule has 1 fully saturated rings. The smallest absolute Gasteiger partial charge is 0.356 e. The van der Waals surface area contributed by atoms with E-state index in [1.165, 1.54) is 89.8 Å². The van der Waals surface area contributed by atoms with Crippen molar-refractivity contribution in [2.45, 2.75) is 116 Å². The summed E-state index contributed by atoms with van der Waals surface area (Å²) < 4.78 is 37.2. The molecule has 0 amide bonds. The molecule has 1 aliphatic rings. The first kappa shape index (κ1) is 31.9. The summed E-state index contributed by atoms with van der Waals surface area (Å²) >= 11 is 0. The predicted molar refractivity (Wildman–Crippen MR) is 155 cm³/mol. The average Bonchev–Trinajstić information content (AvgIpc) is 3.35. The Balaban J connectivity index is 1.10. The normalized spacial score (nSPS) is 19.7. The largest absolute Gasteiger partial charge is 0.382 e. The maximum Gasteiger partial charge on any atom is 0.356 e. The molecular formula is C28H50N5O5P. The quantitative estimate of drug-likeness (QED) is 0.120. The van der Waals surface area contributed by atoms with Crippen LogP contribution in [0.5, 0.6) is 0 Å². The molecule has 1 aliphatic heterocycles. The van der Waals surface area contributed by atoms with Crippen LogP contribution in [0.3, 0.4) is 0 Å². The van der Waals surface area contributed by atoms with Gasteiger partial charge < -0.3 is 28.8 Å². The molecule has 2 aromatic rings. The van der Waals surface area contributed by atoms with Gasteiger partial charge in [-0.15, -0.1) is 0 Å². The zero-order chi connectivity index (χ0) is 27.6. The van der Waals surface area contributed by atoms with Crippen LogP contribution < -0.4 is 5.73 Å². The first-order valence-electron chi connectivity index (χ1n) is 15.1. The number of nitrogens with zero attached hydrogens (tertiary/aromatic N) is 4. The van der Waals surface area contributed by atoms with E-state index in [-0.39, 0.29) is 19.1 Å². The number of hydrogen-bond acceptors (Lipinski definition) is 9. The number of fused-ring (bicyclic) bond motifs is 1. The molecule has 0 aromatic carbocycles. The lowest BCUT2D eigenvalue weighted by molar-refractivity contribution is -0.0143. The predicted octanol–water partition coefficient (Wildman–Crippen LogP) is 6.88. The number of ether oxygens (including phenoxy) is 2. The zero-order valence-electron chi connectivity index (χ0n) is 23.9. The van der Waals surface area contributed by atoms with E-state index in [1.54, 1.807) is 6.33 Å². The second-order valence-electron chi connectivity index (χ2n) is 10.5. The van der Waals surface area contributed by atoms with E-state index in [1.807, 2.05) is 4.57 Å². The third-order valence-corrected chi connectivity index (χ3v) is 8.70. The van der Waals surface area contributed by atoms with Crippen molar-refractivity contribution in [2.75, 3.05) is 38.5 Å². The van der Waals surface area contributed by atoms with Crippen LogP contribution >= 0.6 is 7.60 Å². The monoisotopic (exact) mass is 567 g/mol. The maximum absolute atomic E-state index is 12.8. The molecule has 1 unspecified atom stereocenters. The highest BCUT2D eigenvalue weighted by atomic mass is 31.2. The summed E-state index contributed by atoms with van der Waals surface area (Å²) in [5.74, 6) is 0.334. The van der Waals surface area contributed by atoms with Gasteiger partial charge in [-0.25, -0.2) is 15.0 Å². The number of anilines is 1. The van der Waals surface area contributed by atoms with Crippen LogP contribution in [0.25, 0.3) is 11.2 Å². The lowest BCUT2D eigenvalue weighted by Gasteiger charge is -2.29. The molecule has 0 bridgehead atoms. The van der Waals surface area contributed by atoms with Gasteiger partial charge in [0.25, 0.3) is 0 Å². The Kier molecular flexibility index (Phi) is 15.3. The van der Waals surface area contributed by atoms with Crippen molar-refractivity contribution in [3.63, 3.8) is 0 Å². The molecule has 11 heteroatoms. The van der Waals surface area contributed by atoms with Crippen molar-refractivity contribution in [3.8, 4) is 0 Å². The summed E-state index contributed by atoms with van der Waals surface area (Å²) in [5, 5.41) is 0. The van der Waals surface area contributed by atoms with E-state index in [0.717, 1.165) is 13.0 Å². The Labute approximate surface area is 234 Å². The Morgan fingerprint density at radius 2 is 1.54 bits per heavy atom. The van der Waals surface area contributed by atoms with E-state index in [9.17, 15) is 4.57 Å². The van der Waals surface area contributed by atoms with E-state index in [2.05, 4.69) is 21.9 Å². The molecule has 10 nitrogen and oxygen atoms in total. The molecule has 2 N–H and O–H groups in total. The van der Waals surface area contributed by atoms with Crippen molar-refractivity contribution in [1.29, 1.82) is 0 Å². The van der Waals surface area contributed by atoms with Gasteiger partial charge in [-0.3, -0.25) is 4.57 Å². The number of unbranched alkanes of at least 4 members (excludes halogenated alkanes) is 13. The summed E-state index contributed by atoms with van der Waals surface area (Å²) in [7, 11) is -3.24. The molecule has 0 radical (unpaired) electrons. The third-order valence-electron chi connectivity index (χ3n) is 7.12. The second-order valence-corrected chi connectivity index (χ2v) is 12.5. The molecule has 1 saturated heterocycles. The minimum Gasteiger partial charge on any atom is -0.382 e. The first-order chi connectivity index (χ1) is 19.1. The Morgan fingerprint density at radius 3 is 2.18 bits per heavy atom. The number of imidazole rings is 1. The van der Waals surface area contributed by atoms with Gasteiger partial charge in [0.2, 0.25) is 0 Å². The Bertz CT molecular complexity index is 963. The molecule has 0 spiro atoms. The number of nitrogens with two attached hydrogens (primary N) is 1. The highest BCUT2D eigenvalue weighted by Crippen LogP contribution is 2.51. The van der Waals surface area contributed by atoms with Gasteiger partial charge in [0.05, 0.1) is 26.1 Å². The summed E-state index contributed by atoms with van der Waals surface area (Å²) in [6, 6.07) is 0. The standard InChI is InChI=1S/C28H50N5O5P/c1-2-3-4-5-6-7-8-9-10-11-12-13-14-15-17-35-18-16-19-37-39(34)24-36-25(21-38-39)20-33-23-32-26-27(29)30-22-31-28(26)33/h22-23,25H,2-21,24H2,1H3,(H2,29,30,31)/t25-,39?/m0/s1. The molecule has 2 aromatic heterocycles. The minimum atomic E-state index is -3.24. The molecule has 0 aliphatic carbocycles. The summed E-state index contributed by atoms with van der Waals surface area (Å²) in [6.45, 7) is 4.60. The van der Waals surface area contributed by atoms with Crippen molar-refractivity contribution in [2.24, 2.45) is 0 Å². The minimum absolute atomic E-state index is 0.0681. The van der Waals surface area contributed by atoms with Gasteiger partial charge in [-0.2, -0.15) is 0 Å². The number of rotatable bonds is 22. The van der Waals surface area contributed by atoms with Gasteiger partial charge in [0, 0.05) is 13.2 Å². The van der Waals surface area contributed by atoms with Gasteiger partial charge in [0.15, 0.2) is 11.5 Å². The number of nitrogen functional groups attached to an aromatic ring is 1. The second kappa shape index (κ2) is 18.7. The van der Waals surface area contributed by atoms with Gasteiger partial charge in [-0.05, 0) is 12.8 Å². The van der Waals surface area contributed by atoms with Crippen LogP contribution in [0.2, 0.25) is 0 Å². The highest BCUT2D eigenvalue weighted by molar-refractivity contribution is 7.53. The molecular weight excluding hydrogens is 517 g/mol. The fourth-order valence-corrected chi connectivity index (χ4v) is 6.19. The fraction of sp³-hybridized carbons (Fsp3) is 0.821. The number of aromatic nitrogens is 4. The molecule has 222 valence electrons. The summed E-state index contributed by atoms with van der Waals surface area (Å²) in [5.41, 5.74) is 7.02. The van der Waals surface area contributed by atoms with Gasteiger partial charge >= 0.3 is 7.60 Å². The Morgan fingerprint density at radius 1 is 0.897 bits per heavy atom. The number of hydrogen-bond donors (Lipinski definition) is 1. The van der Waals surface area contributed by atoms with Gasteiger partial charge in [-0.1, -0.05) is 90.4 Å². The molecule has 3 rings (SSSR count). The van der Waals surface area contributed by atoms with Crippen LogP contribution in [-0.2, 0) is 29.6 Å². The maximum atomic E-state index is 12.8. The molecule has 3 heterocycles. The van der Waals surface area contributed by atoms with Crippen LogP contribution in [0, 0.1) is 0 Å². The Hall–Kier alpha value is -1.58. The lowest BCUT2D eigenvalue weighted by Crippen LogP contribution is -2.30. The van der Waals surface area contributed by atoms with Gasteiger partial charge in [0.1, 0.15) is 24.3 Å². The highest BCUT2D eigenvalue weighted by Gasteiger charge is 2.33.